The lowest BCUT2D eigenvalue weighted by molar-refractivity contribution is -0.123. The van der Waals surface area contributed by atoms with Crippen molar-refractivity contribution < 1.29 is 9.90 Å². The van der Waals surface area contributed by atoms with Crippen LogP contribution in [-0.2, 0) is 11.3 Å². The van der Waals surface area contributed by atoms with Gasteiger partial charge in [-0.05, 0) is 37.8 Å². The fraction of sp³-hybridized carbons (Fsp3) is 0.579. The van der Waals surface area contributed by atoms with E-state index in [2.05, 4.69) is 16.8 Å². The van der Waals surface area contributed by atoms with Crippen LogP contribution in [0.4, 0.5) is 0 Å². The van der Waals surface area contributed by atoms with Crippen LogP contribution in [0, 0.1) is 5.41 Å². The lowest BCUT2D eigenvalue weighted by Crippen LogP contribution is -2.45. The number of hydrogen-bond acceptors (Lipinski definition) is 3. The second-order valence-corrected chi connectivity index (χ2v) is 7.64. The van der Waals surface area contributed by atoms with E-state index in [1.807, 2.05) is 24.3 Å². The SMILES string of the molecule is CC1(CO)CCCC1NC(=O)Cn1c(C2CC2)nc2ccccc21. The Kier molecular flexibility index (Phi) is 3.83. The monoisotopic (exact) mass is 327 g/mol. The molecule has 2 atom stereocenters. The molecule has 5 nitrogen and oxygen atoms in total. The number of nitrogens with zero attached hydrogens (tertiary/aromatic N) is 2. The number of carbonyl (C=O) groups excluding carboxylic acids is 1. The fourth-order valence-corrected chi connectivity index (χ4v) is 3.97. The average molecular weight is 327 g/mol. The summed E-state index contributed by atoms with van der Waals surface area (Å²) >= 11 is 0. The van der Waals surface area contributed by atoms with Gasteiger partial charge in [0.2, 0.25) is 5.91 Å². The van der Waals surface area contributed by atoms with Crippen LogP contribution in [0.15, 0.2) is 24.3 Å². The number of aromatic nitrogens is 2. The number of carbonyl (C=O) groups is 1. The van der Waals surface area contributed by atoms with Crippen molar-refractivity contribution in [2.45, 2.75) is 57.5 Å². The maximum absolute atomic E-state index is 12.7. The van der Waals surface area contributed by atoms with E-state index < -0.39 is 0 Å². The highest BCUT2D eigenvalue weighted by Crippen LogP contribution is 2.41. The third-order valence-electron chi connectivity index (χ3n) is 5.71. The van der Waals surface area contributed by atoms with Gasteiger partial charge in [-0.25, -0.2) is 4.98 Å². The van der Waals surface area contributed by atoms with Crippen LogP contribution in [0.2, 0.25) is 0 Å². The molecule has 1 heterocycles. The van der Waals surface area contributed by atoms with Crippen LogP contribution in [-0.4, -0.2) is 33.2 Å². The highest BCUT2D eigenvalue weighted by atomic mass is 16.3. The smallest absolute Gasteiger partial charge is 0.240 e. The van der Waals surface area contributed by atoms with Gasteiger partial charge < -0.3 is 15.0 Å². The van der Waals surface area contributed by atoms with Crippen molar-refractivity contribution >= 4 is 16.9 Å². The van der Waals surface area contributed by atoms with Gasteiger partial charge in [-0.1, -0.05) is 25.5 Å². The number of rotatable bonds is 5. The highest BCUT2D eigenvalue weighted by molar-refractivity contribution is 5.81. The zero-order chi connectivity index (χ0) is 16.7. The van der Waals surface area contributed by atoms with Crippen LogP contribution in [0.25, 0.3) is 11.0 Å². The van der Waals surface area contributed by atoms with Crippen molar-refractivity contribution in [3.63, 3.8) is 0 Å². The summed E-state index contributed by atoms with van der Waals surface area (Å²) in [6.45, 7) is 2.50. The minimum Gasteiger partial charge on any atom is -0.396 e. The molecule has 0 aliphatic heterocycles. The van der Waals surface area contributed by atoms with E-state index in [0.29, 0.717) is 12.5 Å². The Balaban J connectivity index is 1.56. The molecule has 1 aromatic carbocycles. The summed E-state index contributed by atoms with van der Waals surface area (Å²) in [6.07, 6.45) is 5.30. The Bertz CT molecular complexity index is 765. The maximum atomic E-state index is 12.7. The molecule has 1 aromatic heterocycles. The van der Waals surface area contributed by atoms with E-state index in [9.17, 15) is 9.90 Å². The number of fused-ring (bicyclic) bond motifs is 1. The fourth-order valence-electron chi connectivity index (χ4n) is 3.97. The predicted octanol–water partition coefficient (Wildman–Crippen LogP) is 2.58. The van der Waals surface area contributed by atoms with Gasteiger partial charge in [-0.2, -0.15) is 0 Å². The Morgan fingerprint density at radius 3 is 2.92 bits per heavy atom. The quantitative estimate of drug-likeness (QED) is 0.887. The molecule has 0 bridgehead atoms. The molecule has 2 N–H and O–H groups in total. The maximum Gasteiger partial charge on any atom is 0.240 e. The molecule has 24 heavy (non-hydrogen) atoms. The summed E-state index contributed by atoms with van der Waals surface area (Å²) < 4.78 is 2.08. The number of hydrogen-bond donors (Lipinski definition) is 2. The van der Waals surface area contributed by atoms with E-state index in [1.54, 1.807) is 0 Å². The zero-order valence-corrected chi connectivity index (χ0v) is 14.2. The van der Waals surface area contributed by atoms with Crippen LogP contribution in [0.1, 0.15) is 50.8 Å². The molecule has 2 saturated carbocycles. The summed E-state index contributed by atoms with van der Waals surface area (Å²) in [5.74, 6) is 1.56. The molecule has 0 saturated heterocycles. The molecule has 2 aliphatic carbocycles. The first-order valence-corrected chi connectivity index (χ1v) is 8.96. The summed E-state index contributed by atoms with van der Waals surface area (Å²) in [7, 11) is 0. The molecule has 128 valence electrons. The lowest BCUT2D eigenvalue weighted by atomic mass is 9.86. The molecule has 2 aromatic rings. The Hall–Kier alpha value is -1.88. The molecule has 2 fully saturated rings. The predicted molar refractivity (Wildman–Crippen MR) is 92.7 cm³/mol. The number of para-hydroxylation sites is 2. The van der Waals surface area contributed by atoms with Crippen molar-refractivity contribution in [2.75, 3.05) is 6.61 Å². The first-order valence-electron chi connectivity index (χ1n) is 8.96. The molecule has 0 radical (unpaired) electrons. The third kappa shape index (κ3) is 2.71. The van der Waals surface area contributed by atoms with E-state index in [0.717, 1.165) is 49.0 Å². The van der Waals surface area contributed by atoms with Gasteiger partial charge in [0.15, 0.2) is 0 Å². The Morgan fingerprint density at radius 2 is 2.17 bits per heavy atom. The first kappa shape index (κ1) is 15.6. The zero-order valence-electron chi connectivity index (χ0n) is 14.2. The molecular weight excluding hydrogens is 302 g/mol. The highest BCUT2D eigenvalue weighted by Gasteiger charge is 2.39. The van der Waals surface area contributed by atoms with Gasteiger partial charge in [0.05, 0.1) is 17.6 Å². The van der Waals surface area contributed by atoms with Crippen molar-refractivity contribution in [3.8, 4) is 0 Å². The van der Waals surface area contributed by atoms with E-state index >= 15 is 0 Å². The van der Waals surface area contributed by atoms with Gasteiger partial charge in [0, 0.05) is 17.4 Å². The lowest BCUT2D eigenvalue weighted by Gasteiger charge is -2.30. The standard InChI is InChI=1S/C19H25N3O2/c1-19(12-23)10-4-7-16(19)21-17(24)11-22-15-6-3-2-5-14(15)20-18(22)13-8-9-13/h2-3,5-6,13,16,23H,4,7-12H2,1H3,(H,21,24). The minimum atomic E-state index is -0.189. The number of amides is 1. The van der Waals surface area contributed by atoms with Gasteiger partial charge >= 0.3 is 0 Å². The topological polar surface area (TPSA) is 67.2 Å². The summed E-state index contributed by atoms with van der Waals surface area (Å²) in [6, 6.07) is 8.09. The van der Waals surface area contributed by atoms with Crippen LogP contribution in [0.5, 0.6) is 0 Å². The van der Waals surface area contributed by atoms with Crippen molar-refractivity contribution in [2.24, 2.45) is 5.41 Å². The molecule has 5 heteroatoms. The molecular formula is C19H25N3O2. The molecule has 0 spiro atoms. The van der Waals surface area contributed by atoms with Crippen molar-refractivity contribution in [1.29, 1.82) is 0 Å². The number of benzene rings is 1. The van der Waals surface area contributed by atoms with Gasteiger partial charge in [0.25, 0.3) is 0 Å². The van der Waals surface area contributed by atoms with E-state index in [4.69, 9.17) is 4.98 Å². The van der Waals surface area contributed by atoms with Crippen LogP contribution >= 0.6 is 0 Å². The summed E-state index contributed by atoms with van der Waals surface area (Å²) in [5.41, 5.74) is 1.81. The molecule has 4 rings (SSSR count). The number of nitrogens with one attached hydrogen (secondary N) is 1. The van der Waals surface area contributed by atoms with E-state index in [1.165, 1.54) is 0 Å². The van der Waals surface area contributed by atoms with Gasteiger partial charge in [-0.3, -0.25) is 4.79 Å². The normalized spacial score (nSPS) is 26.8. The third-order valence-corrected chi connectivity index (χ3v) is 5.71. The second kappa shape index (κ2) is 5.88. The largest absolute Gasteiger partial charge is 0.396 e. The Labute approximate surface area is 142 Å². The minimum absolute atomic E-state index is 0.0200. The summed E-state index contributed by atoms with van der Waals surface area (Å²) in [5, 5.41) is 12.8. The molecule has 1 amide bonds. The van der Waals surface area contributed by atoms with Crippen molar-refractivity contribution in [3.05, 3.63) is 30.1 Å². The van der Waals surface area contributed by atoms with Crippen LogP contribution < -0.4 is 5.32 Å². The van der Waals surface area contributed by atoms with Gasteiger partial charge in [-0.15, -0.1) is 0 Å². The number of aliphatic hydroxyl groups is 1. The Morgan fingerprint density at radius 1 is 1.38 bits per heavy atom. The number of imidazole rings is 1. The van der Waals surface area contributed by atoms with E-state index in [-0.39, 0.29) is 24.0 Å². The second-order valence-electron chi connectivity index (χ2n) is 7.64. The van der Waals surface area contributed by atoms with Crippen LogP contribution in [0.3, 0.4) is 0 Å². The summed E-state index contributed by atoms with van der Waals surface area (Å²) in [4.78, 5) is 17.4. The van der Waals surface area contributed by atoms with Crippen molar-refractivity contribution in [1.82, 2.24) is 14.9 Å². The molecule has 2 aliphatic rings. The average Bonchev–Trinajstić information content (AvgIpc) is 3.28. The molecule has 2 unspecified atom stereocenters. The number of aliphatic hydroxyl groups excluding tert-OH is 1. The first-order chi connectivity index (χ1) is 11.6. The van der Waals surface area contributed by atoms with Gasteiger partial charge in [0.1, 0.15) is 12.4 Å².